The van der Waals surface area contributed by atoms with E-state index < -0.39 is 12.1 Å². The minimum absolute atomic E-state index is 0.0704. The fourth-order valence-corrected chi connectivity index (χ4v) is 3.59. The van der Waals surface area contributed by atoms with E-state index in [9.17, 15) is 14.4 Å². The number of esters is 1. The third-order valence-corrected chi connectivity index (χ3v) is 5.17. The summed E-state index contributed by atoms with van der Waals surface area (Å²) in [6.07, 6.45) is 7.13. The van der Waals surface area contributed by atoms with Gasteiger partial charge in [-0.15, -0.1) is 0 Å². The molecule has 1 N–H and O–H groups in total. The fraction of sp³-hybridized carbons (Fsp3) is 0.524. The third kappa shape index (κ3) is 5.18. The van der Waals surface area contributed by atoms with E-state index in [1.807, 2.05) is 6.07 Å². The maximum absolute atomic E-state index is 12.3. The average molecular weight is 385 g/mol. The molecule has 3 rings (SSSR count). The second-order valence-corrected chi connectivity index (χ2v) is 7.33. The number of hydrogen-bond acceptors (Lipinski definition) is 5. The quantitative estimate of drug-likeness (QED) is 0.610. The van der Waals surface area contributed by atoms with Crippen molar-refractivity contribution >= 4 is 22.8 Å². The zero-order valence-electron chi connectivity index (χ0n) is 16.2. The fourth-order valence-electron chi connectivity index (χ4n) is 3.59. The highest BCUT2D eigenvalue weighted by atomic mass is 16.5. The Kier molecular flexibility index (Phi) is 6.79. The van der Waals surface area contributed by atoms with Gasteiger partial charge in [-0.3, -0.25) is 19.1 Å². The van der Waals surface area contributed by atoms with Gasteiger partial charge < -0.3 is 10.1 Å². The first-order valence-electron chi connectivity index (χ1n) is 9.99. The molecule has 0 spiro atoms. The molecule has 1 aliphatic carbocycles. The van der Waals surface area contributed by atoms with Gasteiger partial charge in [0, 0.05) is 11.4 Å². The highest BCUT2D eigenvalue weighted by Crippen LogP contribution is 2.17. The molecule has 0 saturated heterocycles. The van der Waals surface area contributed by atoms with E-state index in [2.05, 4.69) is 10.4 Å². The first-order chi connectivity index (χ1) is 13.5. The number of rotatable bonds is 6. The van der Waals surface area contributed by atoms with Crippen molar-refractivity contribution in [3.05, 3.63) is 40.7 Å². The molecule has 1 aromatic heterocycles. The molecule has 0 bridgehead atoms. The zero-order chi connectivity index (χ0) is 19.9. The van der Waals surface area contributed by atoms with Crippen LogP contribution in [0.25, 0.3) is 10.9 Å². The number of aromatic nitrogens is 2. The van der Waals surface area contributed by atoms with Crippen molar-refractivity contribution in [2.75, 3.05) is 0 Å². The van der Waals surface area contributed by atoms with Crippen LogP contribution in [-0.4, -0.2) is 33.8 Å². The van der Waals surface area contributed by atoms with Crippen LogP contribution in [0.5, 0.6) is 0 Å². The van der Waals surface area contributed by atoms with Crippen molar-refractivity contribution in [3.63, 3.8) is 0 Å². The molecule has 0 radical (unpaired) electrons. The van der Waals surface area contributed by atoms with Crippen LogP contribution in [0.3, 0.4) is 0 Å². The number of fused-ring (bicyclic) bond motifs is 1. The highest BCUT2D eigenvalue weighted by Gasteiger charge is 2.21. The number of hydrogen-bond donors (Lipinski definition) is 1. The summed E-state index contributed by atoms with van der Waals surface area (Å²) < 4.78 is 6.89. The van der Waals surface area contributed by atoms with Gasteiger partial charge in [0.15, 0.2) is 6.10 Å². The Morgan fingerprint density at radius 2 is 1.93 bits per heavy atom. The summed E-state index contributed by atoms with van der Waals surface area (Å²) in [4.78, 5) is 36.3. The smallest absolute Gasteiger partial charge is 0.308 e. The molecule has 1 heterocycles. The van der Waals surface area contributed by atoms with Crippen LogP contribution in [0.2, 0.25) is 0 Å². The molecule has 1 saturated carbocycles. The van der Waals surface area contributed by atoms with Gasteiger partial charge in [0.05, 0.1) is 24.7 Å². The Labute approximate surface area is 164 Å². The van der Waals surface area contributed by atoms with Crippen molar-refractivity contribution < 1.29 is 14.3 Å². The summed E-state index contributed by atoms with van der Waals surface area (Å²) in [5, 5.41) is 7.65. The van der Waals surface area contributed by atoms with Gasteiger partial charge in [0.2, 0.25) is 5.43 Å². The largest absolute Gasteiger partial charge is 0.452 e. The third-order valence-electron chi connectivity index (χ3n) is 5.17. The van der Waals surface area contributed by atoms with Gasteiger partial charge in [0.1, 0.15) is 0 Å². The molecular weight excluding hydrogens is 358 g/mol. The molecule has 0 aliphatic heterocycles. The van der Waals surface area contributed by atoms with E-state index in [-0.39, 0.29) is 30.3 Å². The Bertz CT molecular complexity index is 885. The zero-order valence-corrected chi connectivity index (χ0v) is 16.2. The number of nitrogens with zero attached hydrogens (tertiary/aromatic N) is 2. The molecule has 1 unspecified atom stereocenters. The predicted molar refractivity (Wildman–Crippen MR) is 106 cm³/mol. The molecule has 2 aromatic rings. The summed E-state index contributed by atoms with van der Waals surface area (Å²) >= 11 is 0. The van der Waals surface area contributed by atoms with Crippen molar-refractivity contribution in [1.29, 1.82) is 0 Å². The number of amides is 1. The van der Waals surface area contributed by atoms with Gasteiger partial charge >= 0.3 is 5.97 Å². The van der Waals surface area contributed by atoms with Crippen LogP contribution in [-0.2, 0) is 20.9 Å². The summed E-state index contributed by atoms with van der Waals surface area (Å²) in [6.45, 7) is 1.87. The summed E-state index contributed by atoms with van der Waals surface area (Å²) in [7, 11) is 0. The molecule has 1 aromatic carbocycles. The van der Waals surface area contributed by atoms with Gasteiger partial charge in [0.25, 0.3) is 5.91 Å². The lowest BCUT2D eigenvalue weighted by Crippen LogP contribution is -2.41. The van der Waals surface area contributed by atoms with Crippen molar-refractivity contribution in [2.45, 2.75) is 70.6 Å². The number of benzene rings is 1. The van der Waals surface area contributed by atoms with Crippen LogP contribution >= 0.6 is 0 Å². The maximum Gasteiger partial charge on any atom is 0.308 e. The summed E-state index contributed by atoms with van der Waals surface area (Å²) in [6, 6.07) is 7.30. The van der Waals surface area contributed by atoms with Gasteiger partial charge in [-0.25, -0.2) is 0 Å². The molecule has 7 nitrogen and oxygen atoms in total. The summed E-state index contributed by atoms with van der Waals surface area (Å²) in [5.74, 6) is -0.708. The van der Waals surface area contributed by atoms with E-state index in [1.165, 1.54) is 19.0 Å². The Morgan fingerprint density at radius 1 is 1.21 bits per heavy atom. The standard InChI is InChI=1S/C21H27N3O4/c1-15(21(27)23-16-8-4-2-3-5-9-16)28-20(26)12-13-24-18-11-7-6-10-17(18)19(25)14-22-24/h6-7,10-11,14-16H,2-5,8-9,12-13H2,1H3,(H,23,27). The van der Waals surface area contributed by atoms with E-state index in [1.54, 1.807) is 29.8 Å². The lowest BCUT2D eigenvalue weighted by Gasteiger charge is -2.19. The van der Waals surface area contributed by atoms with Crippen LogP contribution in [0.4, 0.5) is 0 Å². The maximum atomic E-state index is 12.3. The molecule has 1 atom stereocenters. The number of para-hydroxylation sites is 1. The predicted octanol–water partition coefficient (Wildman–Crippen LogP) is 2.56. The monoisotopic (exact) mass is 385 g/mol. The molecule has 1 amide bonds. The normalized spacial score (nSPS) is 16.3. The number of carbonyl (C=O) groups excluding carboxylic acids is 2. The molecule has 150 valence electrons. The number of ether oxygens (including phenoxy) is 1. The second kappa shape index (κ2) is 9.48. The van der Waals surface area contributed by atoms with Crippen LogP contribution in [0, 0.1) is 0 Å². The number of carbonyl (C=O) groups is 2. The first kappa shape index (κ1) is 20.0. The second-order valence-electron chi connectivity index (χ2n) is 7.33. The van der Waals surface area contributed by atoms with E-state index in [0.29, 0.717) is 10.9 Å². The molecule has 1 aliphatic rings. The lowest BCUT2D eigenvalue weighted by atomic mass is 10.1. The lowest BCUT2D eigenvalue weighted by molar-refractivity contribution is -0.155. The van der Waals surface area contributed by atoms with Crippen LogP contribution in [0.1, 0.15) is 51.9 Å². The Hall–Kier alpha value is -2.70. The van der Waals surface area contributed by atoms with Gasteiger partial charge in [-0.05, 0) is 31.9 Å². The van der Waals surface area contributed by atoms with E-state index in [0.717, 1.165) is 25.7 Å². The van der Waals surface area contributed by atoms with Gasteiger partial charge in [-0.1, -0.05) is 37.8 Å². The van der Waals surface area contributed by atoms with Crippen LogP contribution < -0.4 is 10.7 Å². The Morgan fingerprint density at radius 3 is 2.68 bits per heavy atom. The number of nitrogens with one attached hydrogen (secondary N) is 1. The highest BCUT2D eigenvalue weighted by molar-refractivity contribution is 5.83. The molecule has 1 fully saturated rings. The molecular formula is C21H27N3O4. The molecule has 7 heteroatoms. The molecule has 28 heavy (non-hydrogen) atoms. The number of aryl methyl sites for hydroxylation is 1. The Balaban J connectivity index is 1.52. The van der Waals surface area contributed by atoms with Crippen molar-refractivity contribution in [1.82, 2.24) is 15.1 Å². The SMILES string of the molecule is CC(OC(=O)CCn1ncc(=O)c2ccccc21)C(=O)NC1CCCCCC1. The van der Waals surface area contributed by atoms with E-state index >= 15 is 0 Å². The topological polar surface area (TPSA) is 90.3 Å². The van der Waals surface area contributed by atoms with Crippen molar-refractivity contribution in [3.8, 4) is 0 Å². The first-order valence-corrected chi connectivity index (χ1v) is 9.99. The van der Waals surface area contributed by atoms with Gasteiger partial charge in [-0.2, -0.15) is 5.10 Å². The van der Waals surface area contributed by atoms with Crippen molar-refractivity contribution in [2.24, 2.45) is 0 Å². The minimum atomic E-state index is -0.825. The summed E-state index contributed by atoms with van der Waals surface area (Å²) in [5.41, 5.74) is 0.514. The average Bonchev–Trinajstić information content (AvgIpc) is 2.96. The van der Waals surface area contributed by atoms with E-state index in [4.69, 9.17) is 4.74 Å². The van der Waals surface area contributed by atoms with Crippen LogP contribution in [0.15, 0.2) is 35.3 Å². The minimum Gasteiger partial charge on any atom is -0.452 e.